The fraction of sp³-hybridized carbons (Fsp3) is 0.128. The molecule has 0 N–H and O–H groups in total. The van der Waals surface area contributed by atoms with E-state index in [4.69, 9.17) is 15.0 Å². The van der Waals surface area contributed by atoms with Crippen LogP contribution in [0, 0.1) is 5.92 Å². The fourth-order valence-corrected chi connectivity index (χ4v) is 7.85. The molecular weight excluding hydrogens is 607 g/mol. The zero-order valence-corrected chi connectivity index (χ0v) is 28.6. The Morgan fingerprint density at radius 3 is 2.04 bits per heavy atom. The lowest BCUT2D eigenvalue weighted by Crippen LogP contribution is -2.14. The Bertz CT molecular complexity index is 2490. The van der Waals surface area contributed by atoms with Gasteiger partial charge in [-0.3, -0.25) is 0 Å². The average Bonchev–Trinajstić information content (AvgIpc) is 3.40. The Balaban J connectivity index is 1.18. The van der Waals surface area contributed by atoms with Gasteiger partial charge in [-0.25, -0.2) is 15.0 Å². The van der Waals surface area contributed by atoms with E-state index in [0.29, 0.717) is 17.6 Å². The van der Waals surface area contributed by atoms with Crippen molar-refractivity contribution in [3.63, 3.8) is 0 Å². The van der Waals surface area contributed by atoms with Gasteiger partial charge in [-0.15, -0.1) is 0 Å². The third kappa shape index (κ3) is 5.09. The molecular formula is C47H37N3. The van der Waals surface area contributed by atoms with Gasteiger partial charge < -0.3 is 0 Å². The molecule has 1 atom stereocenters. The summed E-state index contributed by atoms with van der Waals surface area (Å²) in [6.45, 7) is 6.91. The molecule has 0 radical (unpaired) electrons. The Morgan fingerprint density at radius 2 is 1.20 bits per heavy atom. The first-order valence-corrected chi connectivity index (χ1v) is 17.5. The van der Waals surface area contributed by atoms with Gasteiger partial charge in [-0.2, -0.15) is 0 Å². The van der Waals surface area contributed by atoms with Gasteiger partial charge in [-0.1, -0.05) is 160 Å². The van der Waals surface area contributed by atoms with Crippen molar-refractivity contribution in [1.82, 2.24) is 15.0 Å². The van der Waals surface area contributed by atoms with Crippen LogP contribution in [0.15, 0.2) is 152 Å². The summed E-state index contributed by atoms with van der Waals surface area (Å²) in [5, 5.41) is 2.36. The van der Waals surface area contributed by atoms with Crippen LogP contribution in [0.2, 0.25) is 0 Å². The van der Waals surface area contributed by atoms with Crippen molar-refractivity contribution in [3.8, 4) is 56.2 Å². The Labute approximate surface area is 293 Å². The van der Waals surface area contributed by atoms with E-state index >= 15 is 0 Å². The molecule has 1 heterocycles. The molecule has 0 bridgehead atoms. The van der Waals surface area contributed by atoms with Gasteiger partial charge in [0.05, 0.1) is 0 Å². The topological polar surface area (TPSA) is 38.7 Å². The number of allylic oxidation sites excluding steroid dienone is 4. The number of hydrogen-bond donors (Lipinski definition) is 0. The highest BCUT2D eigenvalue weighted by Crippen LogP contribution is 2.49. The third-order valence-corrected chi connectivity index (χ3v) is 10.5. The SMILES string of the molecule is CC1C=CC=C(c2nc(-c3ccccc3)nc(-c3ccc4ccccc4c3-c3ccc(-c4ccc5c(c4)C(C)(C)c4ccccc4-5)cc3)n2)C1. The highest BCUT2D eigenvalue weighted by Gasteiger charge is 2.35. The van der Waals surface area contributed by atoms with Crippen molar-refractivity contribution in [2.75, 3.05) is 0 Å². The molecule has 2 aliphatic rings. The second kappa shape index (κ2) is 11.9. The molecule has 0 spiro atoms. The summed E-state index contributed by atoms with van der Waals surface area (Å²) in [6.07, 6.45) is 7.40. The van der Waals surface area contributed by atoms with Crippen LogP contribution in [0.1, 0.15) is 44.1 Å². The summed E-state index contributed by atoms with van der Waals surface area (Å²) in [6, 6.07) is 48.0. The van der Waals surface area contributed by atoms with E-state index < -0.39 is 0 Å². The van der Waals surface area contributed by atoms with Crippen molar-refractivity contribution >= 4 is 16.3 Å². The maximum Gasteiger partial charge on any atom is 0.164 e. The van der Waals surface area contributed by atoms with Crippen LogP contribution in [0.5, 0.6) is 0 Å². The first kappa shape index (κ1) is 30.2. The van der Waals surface area contributed by atoms with Crippen molar-refractivity contribution in [1.29, 1.82) is 0 Å². The Kier molecular flexibility index (Phi) is 7.17. The first-order valence-electron chi connectivity index (χ1n) is 17.5. The van der Waals surface area contributed by atoms with Crippen molar-refractivity contribution < 1.29 is 0 Å². The number of hydrogen-bond acceptors (Lipinski definition) is 3. The monoisotopic (exact) mass is 643 g/mol. The molecule has 2 aliphatic carbocycles. The lowest BCUT2D eigenvalue weighted by Gasteiger charge is -2.22. The minimum atomic E-state index is -0.0380. The van der Waals surface area contributed by atoms with E-state index in [-0.39, 0.29) is 5.41 Å². The van der Waals surface area contributed by atoms with E-state index in [0.717, 1.165) is 40.1 Å². The molecule has 0 saturated heterocycles. The molecule has 0 aliphatic heterocycles. The van der Waals surface area contributed by atoms with E-state index in [1.54, 1.807) is 0 Å². The van der Waals surface area contributed by atoms with Gasteiger partial charge in [0.1, 0.15) is 0 Å². The van der Waals surface area contributed by atoms with E-state index in [1.807, 2.05) is 18.2 Å². The molecule has 0 fully saturated rings. The third-order valence-electron chi connectivity index (χ3n) is 10.5. The summed E-state index contributed by atoms with van der Waals surface area (Å²) < 4.78 is 0. The minimum Gasteiger partial charge on any atom is -0.209 e. The molecule has 0 amide bonds. The van der Waals surface area contributed by atoms with Crippen LogP contribution >= 0.6 is 0 Å². The van der Waals surface area contributed by atoms with Gasteiger partial charge in [0.15, 0.2) is 17.5 Å². The summed E-state index contributed by atoms with van der Waals surface area (Å²) in [5.74, 6) is 2.53. The van der Waals surface area contributed by atoms with Crippen molar-refractivity contribution in [2.45, 2.75) is 32.6 Å². The van der Waals surface area contributed by atoms with E-state index in [9.17, 15) is 0 Å². The number of aromatic nitrogens is 3. The highest BCUT2D eigenvalue weighted by atomic mass is 15.0. The zero-order valence-electron chi connectivity index (χ0n) is 28.6. The van der Waals surface area contributed by atoms with Crippen LogP contribution in [-0.4, -0.2) is 15.0 Å². The Morgan fingerprint density at radius 1 is 0.540 bits per heavy atom. The molecule has 1 aromatic heterocycles. The molecule has 0 saturated carbocycles. The van der Waals surface area contributed by atoms with Gasteiger partial charge in [0.25, 0.3) is 0 Å². The molecule has 3 heteroatoms. The van der Waals surface area contributed by atoms with Crippen molar-refractivity contribution in [2.24, 2.45) is 5.92 Å². The molecule has 3 nitrogen and oxygen atoms in total. The standard InChI is InChI=1S/C47H37N3/c1-30-12-11-16-36(28-30)45-48-44(34-14-5-4-6-15-34)49-46(50-45)40-27-24-32-13-7-8-17-37(32)43(40)33-22-20-31(21-23-33)35-25-26-39-38-18-9-10-19-41(38)47(2,3)42(39)29-35/h4-27,29-30H,28H2,1-3H3. The lowest BCUT2D eigenvalue weighted by molar-refractivity contribution is 0.660. The van der Waals surface area contributed by atoms with Gasteiger partial charge >= 0.3 is 0 Å². The Hall–Kier alpha value is -5.93. The normalized spacial score (nSPS) is 15.8. The van der Waals surface area contributed by atoms with Crippen LogP contribution in [-0.2, 0) is 5.41 Å². The van der Waals surface area contributed by atoms with Gasteiger partial charge in [-0.05, 0) is 79.8 Å². The van der Waals surface area contributed by atoms with Crippen LogP contribution in [0.3, 0.4) is 0 Å². The summed E-state index contributed by atoms with van der Waals surface area (Å²) in [7, 11) is 0. The summed E-state index contributed by atoms with van der Waals surface area (Å²) in [5.41, 5.74) is 13.2. The van der Waals surface area contributed by atoms with Gasteiger partial charge in [0, 0.05) is 22.1 Å². The summed E-state index contributed by atoms with van der Waals surface area (Å²) in [4.78, 5) is 15.3. The zero-order chi connectivity index (χ0) is 33.8. The second-order valence-electron chi connectivity index (χ2n) is 14.1. The number of nitrogens with zero attached hydrogens (tertiary/aromatic N) is 3. The van der Waals surface area contributed by atoms with E-state index in [2.05, 4.69) is 154 Å². The maximum atomic E-state index is 5.18. The molecule has 7 aromatic rings. The minimum absolute atomic E-state index is 0.0380. The number of rotatable bonds is 5. The quantitative estimate of drug-likeness (QED) is 0.187. The van der Waals surface area contributed by atoms with Crippen LogP contribution in [0.25, 0.3) is 72.5 Å². The molecule has 240 valence electrons. The molecule has 9 rings (SSSR count). The fourth-order valence-electron chi connectivity index (χ4n) is 7.85. The molecule has 50 heavy (non-hydrogen) atoms. The smallest absolute Gasteiger partial charge is 0.164 e. The van der Waals surface area contributed by atoms with Gasteiger partial charge in [0.2, 0.25) is 0 Å². The van der Waals surface area contributed by atoms with Crippen molar-refractivity contribution in [3.05, 3.63) is 169 Å². The molecule has 6 aromatic carbocycles. The molecule has 1 unspecified atom stereocenters. The largest absolute Gasteiger partial charge is 0.209 e. The maximum absolute atomic E-state index is 5.18. The number of benzene rings is 6. The predicted octanol–water partition coefficient (Wildman–Crippen LogP) is 12.0. The average molecular weight is 644 g/mol. The number of fused-ring (bicyclic) bond motifs is 4. The second-order valence-corrected chi connectivity index (χ2v) is 14.1. The van der Waals surface area contributed by atoms with Crippen LogP contribution < -0.4 is 0 Å². The van der Waals surface area contributed by atoms with Crippen LogP contribution in [0.4, 0.5) is 0 Å². The first-order chi connectivity index (χ1) is 24.4. The summed E-state index contributed by atoms with van der Waals surface area (Å²) >= 11 is 0. The van der Waals surface area contributed by atoms with E-state index in [1.165, 1.54) is 44.2 Å². The lowest BCUT2D eigenvalue weighted by atomic mass is 9.81. The predicted molar refractivity (Wildman–Crippen MR) is 208 cm³/mol. The highest BCUT2D eigenvalue weighted by molar-refractivity contribution is 6.03.